The third kappa shape index (κ3) is 3.52. The van der Waals surface area contributed by atoms with E-state index in [1.54, 1.807) is 18.3 Å². The number of nitrogens with zero attached hydrogens (tertiary/aromatic N) is 2. The summed E-state index contributed by atoms with van der Waals surface area (Å²) >= 11 is 10.4. The minimum absolute atomic E-state index is 0.0985. The Bertz CT molecular complexity index is 742. The predicted octanol–water partition coefficient (Wildman–Crippen LogP) is 4.66. The van der Waals surface area contributed by atoms with Gasteiger partial charge in [0.2, 0.25) is 0 Å². The maximum absolute atomic E-state index is 10.9. The fourth-order valence-corrected chi connectivity index (χ4v) is 2.70. The lowest BCUT2D eigenvalue weighted by atomic mass is 10.2. The summed E-state index contributed by atoms with van der Waals surface area (Å²) in [5, 5.41) is 11.0. The summed E-state index contributed by atoms with van der Waals surface area (Å²) in [6.45, 7) is 0.167. The molecule has 1 aromatic heterocycles. The molecule has 1 aliphatic rings. The number of nitro benzene ring substituents is 1. The number of nitro groups is 1. The van der Waals surface area contributed by atoms with Crippen LogP contribution in [-0.2, 0) is 10.8 Å². The van der Waals surface area contributed by atoms with Crippen molar-refractivity contribution in [3.8, 4) is 5.75 Å². The normalized spacial score (nSPS) is 16.4. The summed E-state index contributed by atoms with van der Waals surface area (Å²) in [5.41, 5.74) is 1.07. The summed E-state index contributed by atoms with van der Waals surface area (Å²) in [6.07, 6.45) is 1.66. The third-order valence-electron chi connectivity index (χ3n) is 2.87. The molecule has 0 saturated carbocycles. The fraction of sp³-hybridized carbons (Fsp3) is 0.154. The third-order valence-corrected chi connectivity index (χ3v) is 4.23. The van der Waals surface area contributed by atoms with Crippen molar-refractivity contribution in [2.45, 2.75) is 12.0 Å². The Morgan fingerprint density at radius 2 is 2.27 bits per heavy atom. The molecular weight excluding hydrogens is 396 g/mol. The number of aromatic nitrogens is 1. The van der Waals surface area contributed by atoms with E-state index >= 15 is 0 Å². The summed E-state index contributed by atoms with van der Waals surface area (Å²) in [4.78, 5) is 14.6. The van der Waals surface area contributed by atoms with Gasteiger partial charge in [-0.25, -0.2) is 0 Å². The monoisotopic (exact) mass is 402 g/mol. The van der Waals surface area contributed by atoms with Gasteiger partial charge in [-0.2, -0.15) is 0 Å². The number of benzene rings is 1. The van der Waals surface area contributed by atoms with Crippen molar-refractivity contribution in [1.29, 1.82) is 0 Å². The van der Waals surface area contributed by atoms with Crippen LogP contribution in [0.3, 0.4) is 0 Å². The van der Waals surface area contributed by atoms with Gasteiger partial charge in [0.1, 0.15) is 23.1 Å². The van der Waals surface area contributed by atoms with Gasteiger partial charge < -0.3 is 4.74 Å². The molecule has 0 aliphatic carbocycles. The molecule has 0 N–H and O–H groups in total. The molecule has 1 aliphatic heterocycles. The zero-order valence-corrected chi connectivity index (χ0v) is 14.0. The molecule has 9 heteroatoms. The molecule has 1 fully saturated rings. The van der Waals surface area contributed by atoms with Crippen LogP contribution in [0, 0.1) is 10.1 Å². The molecule has 0 radical (unpaired) electrons. The lowest BCUT2D eigenvalue weighted by Crippen LogP contribution is -2.01. The standard InChI is InChI=1S/C13H8BrClN2O4S/c14-8-4-11(12(16-5-8)13-21-22-13)20-6-7-1-2-9(15)10(3-7)17(18)19/h1-5,13H,6H2/t13-/m1/s1. The molecule has 0 amide bonds. The Labute approximate surface area is 143 Å². The molecule has 1 atom stereocenters. The van der Waals surface area contributed by atoms with Crippen LogP contribution in [0.4, 0.5) is 5.69 Å². The highest BCUT2D eigenvalue weighted by atomic mass is 79.9. The molecule has 2 aromatic rings. The smallest absolute Gasteiger partial charge is 0.288 e. The zero-order chi connectivity index (χ0) is 15.7. The molecule has 114 valence electrons. The first-order chi connectivity index (χ1) is 10.5. The first-order valence-corrected chi connectivity index (χ1v) is 8.05. The van der Waals surface area contributed by atoms with Gasteiger partial charge in [-0.1, -0.05) is 17.7 Å². The molecule has 0 spiro atoms. The maximum Gasteiger partial charge on any atom is 0.288 e. The van der Waals surface area contributed by atoms with Gasteiger partial charge in [-0.05, 0) is 33.6 Å². The molecule has 0 unspecified atom stereocenters. The second-order valence-electron chi connectivity index (χ2n) is 4.39. The second kappa shape index (κ2) is 6.41. The summed E-state index contributed by atoms with van der Waals surface area (Å²) in [5.74, 6) is 0.571. The number of hydrogen-bond acceptors (Lipinski definition) is 6. The van der Waals surface area contributed by atoms with Crippen LogP contribution in [0.25, 0.3) is 0 Å². The van der Waals surface area contributed by atoms with Crippen molar-refractivity contribution in [3.63, 3.8) is 0 Å². The number of rotatable bonds is 5. The van der Waals surface area contributed by atoms with Gasteiger partial charge in [0.25, 0.3) is 5.69 Å². The predicted molar refractivity (Wildman–Crippen MR) is 85.8 cm³/mol. The van der Waals surface area contributed by atoms with E-state index in [9.17, 15) is 10.1 Å². The van der Waals surface area contributed by atoms with Gasteiger partial charge in [-0.3, -0.25) is 19.3 Å². The van der Waals surface area contributed by atoms with Crippen LogP contribution in [0.2, 0.25) is 5.02 Å². The number of halogens is 2. The molecule has 1 saturated heterocycles. The Morgan fingerprint density at radius 1 is 1.50 bits per heavy atom. The van der Waals surface area contributed by atoms with Gasteiger partial charge in [-0.15, -0.1) is 0 Å². The van der Waals surface area contributed by atoms with E-state index in [4.69, 9.17) is 20.5 Å². The van der Waals surface area contributed by atoms with E-state index in [-0.39, 0.29) is 22.8 Å². The van der Waals surface area contributed by atoms with Crippen molar-refractivity contribution in [2.75, 3.05) is 0 Å². The maximum atomic E-state index is 10.9. The number of pyridine rings is 1. The molecule has 6 nitrogen and oxygen atoms in total. The van der Waals surface area contributed by atoms with Crippen LogP contribution in [0.15, 0.2) is 34.9 Å². The van der Waals surface area contributed by atoms with Gasteiger partial charge in [0.15, 0.2) is 5.44 Å². The first kappa shape index (κ1) is 15.5. The fourth-order valence-electron chi connectivity index (χ4n) is 1.79. The molecule has 2 heterocycles. The van der Waals surface area contributed by atoms with Crippen LogP contribution < -0.4 is 4.74 Å². The van der Waals surface area contributed by atoms with Crippen LogP contribution in [-0.4, -0.2) is 9.91 Å². The molecule has 22 heavy (non-hydrogen) atoms. The highest BCUT2D eigenvalue weighted by Gasteiger charge is 2.32. The van der Waals surface area contributed by atoms with Crippen LogP contribution in [0.1, 0.15) is 16.7 Å². The lowest BCUT2D eigenvalue weighted by molar-refractivity contribution is -0.384. The van der Waals surface area contributed by atoms with Crippen LogP contribution >= 0.6 is 39.6 Å². The zero-order valence-electron chi connectivity index (χ0n) is 10.9. The van der Waals surface area contributed by atoms with Crippen molar-refractivity contribution >= 4 is 45.3 Å². The van der Waals surface area contributed by atoms with Crippen molar-refractivity contribution in [2.24, 2.45) is 0 Å². The molecular formula is C13H8BrClN2O4S. The highest BCUT2D eigenvalue weighted by Crippen LogP contribution is 2.50. The summed E-state index contributed by atoms with van der Waals surface area (Å²) in [7, 11) is 0. The Kier molecular flexibility index (Phi) is 4.53. The van der Waals surface area contributed by atoms with E-state index in [1.807, 2.05) is 0 Å². The number of ether oxygens (including phenoxy) is 1. The van der Waals surface area contributed by atoms with E-state index < -0.39 is 4.92 Å². The second-order valence-corrected chi connectivity index (χ2v) is 6.53. The highest BCUT2D eigenvalue weighted by molar-refractivity contribution is 9.10. The molecule has 0 bridgehead atoms. The topological polar surface area (TPSA) is 77.8 Å². The SMILES string of the molecule is O=[N+]([O-])c1cc(COc2cc(Br)cnc2[C@@H]2OS2)ccc1Cl. The van der Waals surface area contributed by atoms with E-state index in [1.165, 1.54) is 24.2 Å². The Hall–Kier alpha value is -1.35. The summed E-state index contributed by atoms with van der Waals surface area (Å²) in [6, 6.07) is 6.35. The quantitative estimate of drug-likeness (QED) is 0.313. The summed E-state index contributed by atoms with van der Waals surface area (Å²) < 4.78 is 11.7. The molecule has 3 rings (SSSR count). The number of hydrogen-bond donors (Lipinski definition) is 0. The average Bonchev–Trinajstić information content (AvgIpc) is 3.31. The first-order valence-electron chi connectivity index (χ1n) is 6.08. The van der Waals surface area contributed by atoms with E-state index in [0.717, 1.165) is 4.47 Å². The van der Waals surface area contributed by atoms with Gasteiger partial charge in [0.05, 0.1) is 4.92 Å². The van der Waals surface area contributed by atoms with E-state index in [2.05, 4.69) is 20.9 Å². The molecule has 1 aromatic carbocycles. The Morgan fingerprint density at radius 3 is 2.95 bits per heavy atom. The van der Waals surface area contributed by atoms with Crippen molar-refractivity contribution in [3.05, 3.63) is 61.3 Å². The van der Waals surface area contributed by atoms with Gasteiger partial charge in [0, 0.05) is 28.8 Å². The van der Waals surface area contributed by atoms with Crippen molar-refractivity contribution < 1.29 is 13.8 Å². The largest absolute Gasteiger partial charge is 0.487 e. The minimum Gasteiger partial charge on any atom is -0.487 e. The van der Waals surface area contributed by atoms with Crippen molar-refractivity contribution in [1.82, 2.24) is 4.98 Å². The average molecular weight is 404 g/mol. The Balaban J connectivity index is 1.79. The minimum atomic E-state index is -0.521. The van der Waals surface area contributed by atoms with Gasteiger partial charge >= 0.3 is 0 Å². The van der Waals surface area contributed by atoms with E-state index in [0.29, 0.717) is 17.0 Å². The van der Waals surface area contributed by atoms with Crippen LogP contribution in [0.5, 0.6) is 5.75 Å². The lowest BCUT2D eigenvalue weighted by Gasteiger charge is -2.09.